The summed E-state index contributed by atoms with van der Waals surface area (Å²) in [6, 6.07) is 5.50. The van der Waals surface area contributed by atoms with Gasteiger partial charge in [0.05, 0.1) is 16.4 Å². The van der Waals surface area contributed by atoms with E-state index in [0.717, 1.165) is 11.4 Å². The summed E-state index contributed by atoms with van der Waals surface area (Å²) in [6.07, 6.45) is 0. The maximum Gasteiger partial charge on any atom is 0.225 e. The molecule has 2 N–H and O–H groups in total. The van der Waals surface area contributed by atoms with Crippen molar-refractivity contribution in [2.24, 2.45) is 5.92 Å². The molecule has 0 unspecified atom stereocenters. The number of carbonyl (C=O) groups is 2. The lowest BCUT2D eigenvalue weighted by atomic mass is 10.1. The Balaban J connectivity index is 2.13. The quantitative estimate of drug-likeness (QED) is 0.786. The Hall–Kier alpha value is -1.86. The van der Waals surface area contributed by atoms with Gasteiger partial charge in [-0.1, -0.05) is 31.5 Å². The van der Waals surface area contributed by atoms with Crippen molar-refractivity contribution in [1.82, 2.24) is 10.2 Å². The number of nitrogens with zero attached hydrogens (tertiary/aromatic N) is 2. The highest BCUT2D eigenvalue weighted by atomic mass is 35.5. The Morgan fingerprint density at radius 2 is 1.84 bits per heavy atom. The summed E-state index contributed by atoms with van der Waals surface area (Å²) >= 11 is 11.5. The average Bonchev–Trinajstić information content (AvgIpc) is 2.53. The lowest BCUT2D eigenvalue weighted by molar-refractivity contribution is -0.134. The number of hydrogen-bond acceptors (Lipinski definition) is 4. The summed E-state index contributed by atoms with van der Waals surface area (Å²) in [5.41, 5.74) is 1.56. The van der Waals surface area contributed by atoms with Crippen LogP contribution in [-0.4, -0.2) is 48.0 Å². The zero-order valence-electron chi connectivity index (χ0n) is 14.6. The number of piperazine rings is 1. The second-order valence-electron chi connectivity index (χ2n) is 6.24. The van der Waals surface area contributed by atoms with Crippen molar-refractivity contribution in [2.45, 2.75) is 20.8 Å². The molecule has 0 aliphatic carbocycles. The Bertz CT molecular complexity index is 673. The van der Waals surface area contributed by atoms with E-state index in [9.17, 15) is 9.59 Å². The summed E-state index contributed by atoms with van der Waals surface area (Å²) in [6.45, 7) is 7.89. The molecule has 0 spiro atoms. The third-order valence-electron chi connectivity index (χ3n) is 3.93. The molecule has 1 heterocycles. The van der Waals surface area contributed by atoms with Gasteiger partial charge in [0.25, 0.3) is 0 Å². The normalized spacial score (nSPS) is 14.4. The van der Waals surface area contributed by atoms with E-state index >= 15 is 0 Å². The number of carbonyl (C=O) groups excluding carboxylic acids is 2. The van der Waals surface area contributed by atoms with Crippen LogP contribution in [0, 0.1) is 5.92 Å². The van der Waals surface area contributed by atoms with Crippen LogP contribution >= 0.6 is 23.8 Å². The van der Waals surface area contributed by atoms with Crippen molar-refractivity contribution in [2.75, 3.05) is 36.4 Å². The predicted molar refractivity (Wildman–Crippen MR) is 105 cm³/mol. The number of thiocarbonyl (C=S) groups is 1. The van der Waals surface area contributed by atoms with E-state index in [1.54, 1.807) is 0 Å². The van der Waals surface area contributed by atoms with E-state index in [2.05, 4.69) is 15.5 Å². The molecule has 8 heteroatoms. The lowest BCUT2D eigenvalue weighted by Gasteiger charge is -2.38. The van der Waals surface area contributed by atoms with Crippen LogP contribution in [0.1, 0.15) is 20.8 Å². The SMILES string of the molecule is CC(=O)NC(=S)Nc1cccc(Cl)c1N1CCN(C(=O)C(C)C)CC1. The molecule has 0 aromatic heterocycles. The molecule has 0 saturated carbocycles. The molecule has 0 bridgehead atoms. The van der Waals surface area contributed by atoms with Gasteiger partial charge in [-0.25, -0.2) is 0 Å². The topological polar surface area (TPSA) is 64.7 Å². The van der Waals surface area contributed by atoms with Crippen molar-refractivity contribution >= 4 is 52.1 Å². The number of benzene rings is 1. The molecule has 1 aliphatic heterocycles. The van der Waals surface area contributed by atoms with Crippen LogP contribution < -0.4 is 15.5 Å². The van der Waals surface area contributed by atoms with Crippen LogP contribution in [0.5, 0.6) is 0 Å². The van der Waals surface area contributed by atoms with E-state index in [4.69, 9.17) is 23.8 Å². The molecular formula is C17H23ClN4O2S. The molecule has 2 rings (SSSR count). The van der Waals surface area contributed by atoms with Crippen LogP contribution in [0.4, 0.5) is 11.4 Å². The first kappa shape index (κ1) is 19.5. The Morgan fingerprint density at radius 1 is 1.20 bits per heavy atom. The number of anilines is 2. The average molecular weight is 383 g/mol. The highest BCUT2D eigenvalue weighted by molar-refractivity contribution is 7.80. The summed E-state index contributed by atoms with van der Waals surface area (Å²) in [5.74, 6) is -0.0648. The summed E-state index contributed by atoms with van der Waals surface area (Å²) in [4.78, 5) is 27.3. The number of rotatable bonds is 3. The molecule has 2 amide bonds. The highest BCUT2D eigenvalue weighted by Crippen LogP contribution is 2.34. The minimum atomic E-state index is -0.234. The fourth-order valence-electron chi connectivity index (χ4n) is 2.77. The minimum Gasteiger partial charge on any atom is -0.365 e. The van der Waals surface area contributed by atoms with Gasteiger partial charge in [-0.15, -0.1) is 0 Å². The van der Waals surface area contributed by atoms with Crippen molar-refractivity contribution in [1.29, 1.82) is 0 Å². The molecule has 1 aromatic rings. The third kappa shape index (κ3) is 5.06. The van der Waals surface area contributed by atoms with Gasteiger partial charge in [-0.2, -0.15) is 0 Å². The van der Waals surface area contributed by atoms with Crippen LogP contribution in [0.2, 0.25) is 5.02 Å². The second kappa shape index (κ2) is 8.49. The number of halogens is 1. The molecule has 1 aliphatic rings. The zero-order valence-corrected chi connectivity index (χ0v) is 16.2. The fraction of sp³-hybridized carbons (Fsp3) is 0.471. The lowest BCUT2D eigenvalue weighted by Crippen LogP contribution is -2.50. The Kier molecular flexibility index (Phi) is 6.61. The van der Waals surface area contributed by atoms with Gasteiger partial charge < -0.3 is 20.4 Å². The van der Waals surface area contributed by atoms with E-state index in [1.807, 2.05) is 36.9 Å². The third-order valence-corrected chi connectivity index (χ3v) is 4.44. The van der Waals surface area contributed by atoms with Crippen molar-refractivity contribution in [3.05, 3.63) is 23.2 Å². The molecule has 1 fully saturated rings. The molecule has 6 nitrogen and oxygen atoms in total. The molecule has 0 radical (unpaired) electrons. The zero-order chi connectivity index (χ0) is 18.6. The van der Waals surface area contributed by atoms with Crippen LogP contribution in [0.3, 0.4) is 0 Å². The molecule has 1 saturated heterocycles. The smallest absolute Gasteiger partial charge is 0.225 e. The standard InChI is InChI=1S/C17H23ClN4O2S/c1-11(2)16(24)22-9-7-21(8-10-22)15-13(18)5-4-6-14(15)20-17(25)19-12(3)23/h4-6,11H,7-10H2,1-3H3,(H2,19,20,23,25). The van der Waals surface area contributed by atoms with Gasteiger partial charge in [0.2, 0.25) is 11.8 Å². The number of amides is 2. The monoisotopic (exact) mass is 382 g/mol. The van der Waals surface area contributed by atoms with E-state index in [1.165, 1.54) is 6.92 Å². The van der Waals surface area contributed by atoms with Crippen LogP contribution in [-0.2, 0) is 9.59 Å². The van der Waals surface area contributed by atoms with Crippen molar-refractivity contribution < 1.29 is 9.59 Å². The fourth-order valence-corrected chi connectivity index (χ4v) is 3.31. The van der Waals surface area contributed by atoms with E-state index in [-0.39, 0.29) is 22.8 Å². The number of nitrogens with one attached hydrogen (secondary N) is 2. The van der Waals surface area contributed by atoms with Crippen molar-refractivity contribution in [3.63, 3.8) is 0 Å². The van der Waals surface area contributed by atoms with Gasteiger partial charge in [0.15, 0.2) is 5.11 Å². The summed E-state index contributed by atoms with van der Waals surface area (Å²) in [7, 11) is 0. The van der Waals surface area contributed by atoms with E-state index < -0.39 is 0 Å². The largest absolute Gasteiger partial charge is 0.365 e. The molecule has 25 heavy (non-hydrogen) atoms. The number of hydrogen-bond donors (Lipinski definition) is 2. The number of para-hydroxylation sites is 1. The van der Waals surface area contributed by atoms with Crippen LogP contribution in [0.15, 0.2) is 18.2 Å². The van der Waals surface area contributed by atoms with Gasteiger partial charge in [-0.3, -0.25) is 9.59 Å². The minimum absolute atomic E-state index is 0.000815. The Labute approximate surface area is 158 Å². The first-order chi connectivity index (χ1) is 11.8. The Morgan fingerprint density at radius 3 is 2.40 bits per heavy atom. The molecule has 1 aromatic carbocycles. The van der Waals surface area contributed by atoms with Gasteiger partial charge in [0.1, 0.15) is 0 Å². The first-order valence-electron chi connectivity index (χ1n) is 8.20. The molecule has 136 valence electrons. The van der Waals surface area contributed by atoms with Gasteiger partial charge in [0, 0.05) is 39.0 Å². The summed E-state index contributed by atoms with van der Waals surface area (Å²) in [5, 5.41) is 6.39. The van der Waals surface area contributed by atoms with Gasteiger partial charge in [-0.05, 0) is 24.4 Å². The molecular weight excluding hydrogens is 360 g/mol. The van der Waals surface area contributed by atoms with Crippen molar-refractivity contribution in [3.8, 4) is 0 Å². The van der Waals surface area contributed by atoms with Crippen LogP contribution in [0.25, 0.3) is 0 Å². The van der Waals surface area contributed by atoms with E-state index in [0.29, 0.717) is 31.2 Å². The maximum absolute atomic E-state index is 12.1. The summed E-state index contributed by atoms with van der Waals surface area (Å²) < 4.78 is 0. The predicted octanol–water partition coefficient (Wildman–Crippen LogP) is 2.48. The van der Waals surface area contributed by atoms with Gasteiger partial charge >= 0.3 is 0 Å². The molecule has 0 atom stereocenters. The second-order valence-corrected chi connectivity index (χ2v) is 7.05. The first-order valence-corrected chi connectivity index (χ1v) is 8.99. The highest BCUT2D eigenvalue weighted by Gasteiger charge is 2.25. The maximum atomic E-state index is 12.1.